The van der Waals surface area contributed by atoms with E-state index in [1.54, 1.807) is 0 Å². The first-order valence-corrected chi connectivity index (χ1v) is 7.35. The van der Waals surface area contributed by atoms with E-state index < -0.39 is 24.2 Å². The van der Waals surface area contributed by atoms with Gasteiger partial charge in [-0.15, -0.1) is 0 Å². The smallest absolute Gasteiger partial charge is 0.407 e. The Bertz CT molecular complexity index is 584. The molecule has 2 atom stereocenters. The molecule has 2 rings (SSSR count). The van der Waals surface area contributed by atoms with Gasteiger partial charge in [-0.3, -0.25) is 4.79 Å². The van der Waals surface area contributed by atoms with Crippen molar-refractivity contribution in [2.75, 3.05) is 7.11 Å². The van der Waals surface area contributed by atoms with Gasteiger partial charge in [-0.25, -0.2) is 4.79 Å². The lowest BCUT2D eigenvalue weighted by Gasteiger charge is -2.32. The molecule has 22 heavy (non-hydrogen) atoms. The third kappa shape index (κ3) is 3.22. The second kappa shape index (κ2) is 6.79. The average Bonchev–Trinajstić information content (AvgIpc) is 2.49. The highest BCUT2D eigenvalue weighted by atomic mass is 16.5. The molecule has 0 aliphatic heterocycles. The molecule has 0 bridgehead atoms. The number of aryl methyl sites for hydroxylation is 1. The van der Waals surface area contributed by atoms with Crippen molar-refractivity contribution in [1.82, 2.24) is 5.32 Å². The maximum Gasteiger partial charge on any atom is 0.407 e. The third-order valence-corrected chi connectivity index (χ3v) is 4.13. The van der Waals surface area contributed by atoms with E-state index in [4.69, 9.17) is 5.11 Å². The van der Waals surface area contributed by atoms with Crippen molar-refractivity contribution in [2.24, 2.45) is 0 Å². The van der Waals surface area contributed by atoms with Gasteiger partial charge in [-0.1, -0.05) is 19.1 Å². The molecule has 120 valence electrons. The maximum absolute atomic E-state index is 11.4. The lowest BCUT2D eigenvalue weighted by Crippen LogP contribution is -2.42. The third-order valence-electron chi connectivity index (χ3n) is 4.13. The number of hydrogen-bond acceptors (Lipinski definition) is 4. The van der Waals surface area contributed by atoms with Crippen LogP contribution >= 0.6 is 0 Å². The Balaban J connectivity index is 2.38. The van der Waals surface area contributed by atoms with Gasteiger partial charge in [0.1, 0.15) is 0 Å². The quantitative estimate of drug-likeness (QED) is 0.785. The summed E-state index contributed by atoms with van der Waals surface area (Å²) in [7, 11) is 1.28. The number of carbonyl (C=O) groups is 2. The monoisotopic (exact) mass is 307 g/mol. The molecule has 1 amide bonds. The van der Waals surface area contributed by atoms with Crippen LogP contribution in [0.25, 0.3) is 0 Å². The summed E-state index contributed by atoms with van der Waals surface area (Å²) >= 11 is 0. The number of hydrogen-bond donors (Lipinski definition) is 3. The van der Waals surface area contributed by atoms with Crippen molar-refractivity contribution in [3.8, 4) is 0 Å². The maximum atomic E-state index is 11.4. The fraction of sp³-hybridized carbons (Fsp3) is 0.500. The van der Waals surface area contributed by atoms with E-state index in [0.29, 0.717) is 18.4 Å². The molecule has 3 N–H and O–H groups in total. The van der Waals surface area contributed by atoms with Crippen LogP contribution in [0.1, 0.15) is 41.7 Å². The minimum absolute atomic E-state index is 0.0712. The zero-order valence-electron chi connectivity index (χ0n) is 12.8. The van der Waals surface area contributed by atoms with Crippen LogP contribution < -0.4 is 5.32 Å². The molecule has 0 heterocycles. The Labute approximate surface area is 129 Å². The van der Waals surface area contributed by atoms with E-state index in [-0.39, 0.29) is 6.42 Å². The summed E-state index contributed by atoms with van der Waals surface area (Å²) in [6.07, 6.45) is 0.469. The van der Waals surface area contributed by atoms with Gasteiger partial charge in [0.05, 0.1) is 25.7 Å². The molecule has 0 saturated carbocycles. The van der Waals surface area contributed by atoms with Gasteiger partial charge in [0.25, 0.3) is 0 Å². The highest BCUT2D eigenvalue weighted by Gasteiger charge is 2.32. The van der Waals surface area contributed by atoms with Crippen molar-refractivity contribution in [3.63, 3.8) is 0 Å². The van der Waals surface area contributed by atoms with Gasteiger partial charge in [-0.2, -0.15) is 0 Å². The summed E-state index contributed by atoms with van der Waals surface area (Å²) in [5.74, 6) is -0.899. The number of rotatable bonds is 4. The van der Waals surface area contributed by atoms with Crippen molar-refractivity contribution in [2.45, 2.75) is 44.8 Å². The van der Waals surface area contributed by atoms with E-state index in [1.165, 1.54) is 7.11 Å². The van der Waals surface area contributed by atoms with Crippen LogP contribution in [-0.2, 0) is 28.8 Å². The topological polar surface area (TPSA) is 95.9 Å². The number of ether oxygens (including phenoxy) is 1. The number of carboxylic acids is 1. The van der Waals surface area contributed by atoms with Gasteiger partial charge in [0, 0.05) is 0 Å². The Morgan fingerprint density at radius 3 is 2.73 bits per heavy atom. The molecule has 1 aromatic carbocycles. The number of carbonyl (C=O) groups excluding carboxylic acids is 1. The highest BCUT2D eigenvalue weighted by molar-refractivity contribution is 5.71. The summed E-state index contributed by atoms with van der Waals surface area (Å²) in [6.45, 7) is 1.94. The Hall–Kier alpha value is -2.08. The highest BCUT2D eigenvalue weighted by Crippen LogP contribution is 2.35. The van der Waals surface area contributed by atoms with E-state index >= 15 is 0 Å². The van der Waals surface area contributed by atoms with E-state index in [9.17, 15) is 14.7 Å². The first-order valence-electron chi connectivity index (χ1n) is 7.35. The van der Waals surface area contributed by atoms with Crippen molar-refractivity contribution in [1.29, 1.82) is 0 Å². The van der Waals surface area contributed by atoms with Crippen LogP contribution in [0.5, 0.6) is 0 Å². The number of alkyl carbamates (subject to hydrolysis) is 1. The number of carboxylic acid groups (broad SMARTS) is 1. The second-order valence-electron chi connectivity index (χ2n) is 5.43. The van der Waals surface area contributed by atoms with E-state index in [2.05, 4.69) is 10.1 Å². The molecular weight excluding hydrogens is 286 g/mol. The largest absolute Gasteiger partial charge is 0.481 e. The fourth-order valence-electron chi connectivity index (χ4n) is 3.12. The molecule has 0 saturated heterocycles. The molecule has 6 nitrogen and oxygen atoms in total. The second-order valence-corrected chi connectivity index (χ2v) is 5.43. The summed E-state index contributed by atoms with van der Waals surface area (Å²) in [4.78, 5) is 22.4. The molecule has 1 aliphatic carbocycles. The summed E-state index contributed by atoms with van der Waals surface area (Å²) in [5, 5.41) is 22.3. The molecule has 0 aromatic heterocycles. The van der Waals surface area contributed by atoms with Crippen LogP contribution in [0, 0.1) is 0 Å². The molecule has 0 fully saturated rings. The van der Waals surface area contributed by atoms with Crippen LogP contribution in [0.2, 0.25) is 0 Å². The minimum atomic E-state index is -0.899. The van der Waals surface area contributed by atoms with E-state index in [1.807, 2.05) is 19.1 Å². The van der Waals surface area contributed by atoms with Crippen molar-refractivity contribution >= 4 is 12.1 Å². The minimum Gasteiger partial charge on any atom is -0.481 e. The van der Waals surface area contributed by atoms with E-state index in [0.717, 1.165) is 23.1 Å². The molecular formula is C16H21NO5. The fourth-order valence-corrected chi connectivity index (χ4v) is 3.12. The number of nitrogens with one attached hydrogen (secondary N) is 1. The first-order chi connectivity index (χ1) is 10.5. The summed E-state index contributed by atoms with van der Waals surface area (Å²) in [5.41, 5.74) is 3.35. The zero-order valence-corrected chi connectivity index (χ0v) is 12.8. The molecule has 1 aliphatic rings. The van der Waals surface area contributed by atoms with Gasteiger partial charge in [-0.05, 0) is 41.5 Å². The van der Waals surface area contributed by atoms with Gasteiger partial charge >= 0.3 is 12.1 Å². The Morgan fingerprint density at radius 1 is 1.41 bits per heavy atom. The number of aliphatic carboxylic acids is 1. The van der Waals surface area contributed by atoms with Crippen LogP contribution in [0.15, 0.2) is 12.1 Å². The zero-order chi connectivity index (χ0) is 16.3. The number of benzene rings is 1. The standard InChI is InChI=1S/C16H21NO5/c1-3-11-10(8-13(18)19)5-4-9-6-7-12(15(20)14(9)11)17-16(21)22-2/h4-5,12,15,20H,3,6-8H2,1-2H3,(H,17,21)(H,18,19). The number of methoxy groups -OCH3 is 1. The Morgan fingerprint density at radius 2 is 2.14 bits per heavy atom. The summed E-state index contributed by atoms with van der Waals surface area (Å²) in [6, 6.07) is 3.28. The normalized spacial score (nSPS) is 20.1. The number of amides is 1. The summed E-state index contributed by atoms with van der Waals surface area (Å²) < 4.78 is 4.58. The molecule has 0 radical (unpaired) electrons. The van der Waals surface area contributed by atoms with Gasteiger partial charge in [0.2, 0.25) is 0 Å². The van der Waals surface area contributed by atoms with Crippen LogP contribution in [0.4, 0.5) is 4.79 Å². The number of aliphatic hydroxyl groups excluding tert-OH is 1. The molecule has 1 aromatic rings. The number of aliphatic hydroxyl groups is 1. The van der Waals surface area contributed by atoms with Crippen molar-refractivity contribution < 1.29 is 24.5 Å². The molecule has 0 spiro atoms. The van der Waals surface area contributed by atoms with Crippen LogP contribution in [-0.4, -0.2) is 35.4 Å². The Kier molecular flexibility index (Phi) is 5.03. The average molecular weight is 307 g/mol. The molecule has 2 unspecified atom stereocenters. The SMILES string of the molecule is CCc1c(CC(=O)O)ccc2c1C(O)C(NC(=O)OC)CC2. The van der Waals surface area contributed by atoms with Gasteiger partial charge < -0.3 is 20.3 Å². The predicted molar refractivity (Wildman–Crippen MR) is 79.8 cm³/mol. The lowest BCUT2D eigenvalue weighted by molar-refractivity contribution is -0.136. The van der Waals surface area contributed by atoms with Crippen LogP contribution in [0.3, 0.4) is 0 Å². The first kappa shape index (κ1) is 16.3. The lowest BCUT2D eigenvalue weighted by atomic mass is 9.80. The van der Waals surface area contributed by atoms with Crippen molar-refractivity contribution in [3.05, 3.63) is 34.4 Å². The van der Waals surface area contributed by atoms with Gasteiger partial charge in [0.15, 0.2) is 0 Å². The number of fused-ring (bicyclic) bond motifs is 1. The molecule has 6 heteroatoms. The predicted octanol–water partition coefficient (Wildman–Crippen LogP) is 1.58.